The Morgan fingerprint density at radius 3 is 2.54 bits per heavy atom. The minimum atomic E-state index is 0.140. The highest BCUT2D eigenvalue weighted by Gasteiger charge is 2.29. The van der Waals surface area contributed by atoms with Gasteiger partial charge < -0.3 is 15.0 Å². The molecular formula is C28H37N5O2. The van der Waals surface area contributed by atoms with Crippen LogP contribution in [0.4, 0.5) is 17.5 Å². The maximum absolute atomic E-state index is 6.14. The molecule has 0 amide bonds. The Labute approximate surface area is 209 Å². The van der Waals surface area contributed by atoms with E-state index in [1.165, 1.54) is 5.56 Å². The van der Waals surface area contributed by atoms with Crippen molar-refractivity contribution in [2.24, 2.45) is 0 Å². The van der Waals surface area contributed by atoms with Crippen molar-refractivity contribution in [2.45, 2.75) is 46.6 Å². The Morgan fingerprint density at radius 2 is 1.83 bits per heavy atom. The molecule has 0 aliphatic carbocycles. The molecule has 7 nitrogen and oxygen atoms in total. The lowest BCUT2D eigenvalue weighted by atomic mass is 10.0. The number of benzene rings is 2. The molecule has 4 rings (SSSR count). The second kappa shape index (κ2) is 12.0. The van der Waals surface area contributed by atoms with Crippen LogP contribution in [-0.2, 0) is 4.84 Å². The maximum Gasteiger partial charge on any atom is 0.229 e. The van der Waals surface area contributed by atoms with Gasteiger partial charge in [0.2, 0.25) is 5.95 Å². The first-order valence-electron chi connectivity index (χ1n) is 12.6. The Balaban J connectivity index is 1.42. The molecule has 1 aromatic heterocycles. The molecule has 1 atom stereocenters. The van der Waals surface area contributed by atoms with Gasteiger partial charge in [0.25, 0.3) is 0 Å². The summed E-state index contributed by atoms with van der Waals surface area (Å²) in [6.07, 6.45) is 3.71. The largest absolute Gasteiger partial charge is 0.493 e. The van der Waals surface area contributed by atoms with Gasteiger partial charge in [-0.15, -0.1) is 0 Å². The van der Waals surface area contributed by atoms with Crippen LogP contribution >= 0.6 is 0 Å². The highest BCUT2D eigenvalue weighted by atomic mass is 16.7. The summed E-state index contributed by atoms with van der Waals surface area (Å²) in [5.74, 6) is 2.24. The third-order valence-corrected chi connectivity index (χ3v) is 6.43. The molecule has 2 aromatic carbocycles. The van der Waals surface area contributed by atoms with Crippen LogP contribution in [0.25, 0.3) is 0 Å². The highest BCUT2D eigenvalue weighted by molar-refractivity contribution is 5.61. The van der Waals surface area contributed by atoms with Crippen LogP contribution in [0.3, 0.4) is 0 Å². The Bertz CT molecular complexity index is 1060. The molecule has 0 radical (unpaired) electrons. The van der Waals surface area contributed by atoms with E-state index >= 15 is 0 Å². The van der Waals surface area contributed by atoms with Crippen LogP contribution in [-0.4, -0.2) is 47.7 Å². The van der Waals surface area contributed by atoms with Crippen LogP contribution in [0.2, 0.25) is 0 Å². The van der Waals surface area contributed by atoms with Crippen molar-refractivity contribution in [3.05, 3.63) is 71.4 Å². The van der Waals surface area contributed by atoms with E-state index in [-0.39, 0.29) is 6.04 Å². The number of anilines is 3. The summed E-state index contributed by atoms with van der Waals surface area (Å²) >= 11 is 0. The fourth-order valence-corrected chi connectivity index (χ4v) is 4.59. The second-order valence-electron chi connectivity index (χ2n) is 8.91. The molecule has 7 heteroatoms. The topological polar surface area (TPSA) is 62.8 Å². The molecule has 1 N–H and O–H groups in total. The number of rotatable bonds is 11. The van der Waals surface area contributed by atoms with Crippen molar-refractivity contribution in [2.75, 3.05) is 43.2 Å². The van der Waals surface area contributed by atoms with Crippen molar-refractivity contribution in [3.8, 4) is 5.75 Å². The molecule has 0 saturated carbocycles. The van der Waals surface area contributed by atoms with Gasteiger partial charge in [-0.2, -0.15) is 4.98 Å². The monoisotopic (exact) mass is 475 g/mol. The van der Waals surface area contributed by atoms with Gasteiger partial charge in [-0.25, -0.2) is 10.0 Å². The first kappa shape index (κ1) is 24.9. The molecular weight excluding hydrogens is 438 g/mol. The number of ether oxygens (including phenoxy) is 1. The van der Waals surface area contributed by atoms with Gasteiger partial charge in [-0.05, 0) is 62.2 Å². The number of hydroxylamine groups is 1. The molecule has 1 aliphatic heterocycles. The zero-order valence-electron chi connectivity index (χ0n) is 21.3. The van der Waals surface area contributed by atoms with Gasteiger partial charge in [0, 0.05) is 30.9 Å². The molecule has 1 aliphatic rings. The Morgan fingerprint density at radius 1 is 1.09 bits per heavy atom. The van der Waals surface area contributed by atoms with Gasteiger partial charge >= 0.3 is 0 Å². The van der Waals surface area contributed by atoms with Crippen molar-refractivity contribution < 1.29 is 9.57 Å². The average Bonchev–Trinajstić information content (AvgIpc) is 3.36. The molecule has 35 heavy (non-hydrogen) atoms. The number of hydrogen-bond acceptors (Lipinski definition) is 7. The third kappa shape index (κ3) is 6.29. The predicted octanol–water partition coefficient (Wildman–Crippen LogP) is 5.83. The number of aryl methyl sites for hydroxylation is 2. The van der Waals surface area contributed by atoms with Crippen molar-refractivity contribution >= 4 is 17.5 Å². The number of nitrogens with one attached hydrogen (secondary N) is 1. The van der Waals surface area contributed by atoms with Crippen molar-refractivity contribution in [1.29, 1.82) is 0 Å². The zero-order valence-corrected chi connectivity index (χ0v) is 21.3. The van der Waals surface area contributed by atoms with Gasteiger partial charge in [-0.1, -0.05) is 44.2 Å². The number of aromatic nitrogens is 2. The lowest BCUT2D eigenvalue weighted by Gasteiger charge is -2.24. The summed E-state index contributed by atoms with van der Waals surface area (Å²) in [5.41, 5.74) is 4.35. The predicted molar refractivity (Wildman–Crippen MR) is 141 cm³/mol. The normalized spacial score (nSPS) is 15.6. The summed E-state index contributed by atoms with van der Waals surface area (Å²) in [6, 6.07) is 16.6. The van der Waals surface area contributed by atoms with E-state index in [2.05, 4.69) is 79.3 Å². The van der Waals surface area contributed by atoms with E-state index in [0.717, 1.165) is 60.9 Å². The minimum Gasteiger partial charge on any atom is -0.493 e. The van der Waals surface area contributed by atoms with Gasteiger partial charge in [0.15, 0.2) is 5.82 Å². The molecule has 1 fully saturated rings. The van der Waals surface area contributed by atoms with E-state index in [9.17, 15) is 0 Å². The van der Waals surface area contributed by atoms with E-state index < -0.39 is 0 Å². The van der Waals surface area contributed by atoms with Gasteiger partial charge in [-0.3, -0.25) is 4.84 Å². The minimum absolute atomic E-state index is 0.140. The first-order valence-corrected chi connectivity index (χ1v) is 12.6. The molecule has 2 heterocycles. The molecule has 0 bridgehead atoms. The Kier molecular flexibility index (Phi) is 8.55. The molecule has 186 valence electrons. The molecule has 1 unspecified atom stereocenters. The van der Waals surface area contributed by atoms with Crippen LogP contribution in [0, 0.1) is 13.8 Å². The Hall–Kier alpha value is -3.16. The molecule has 1 saturated heterocycles. The quantitative estimate of drug-likeness (QED) is 0.350. The fraction of sp³-hybridized carbons (Fsp3) is 0.429. The van der Waals surface area contributed by atoms with Crippen LogP contribution in [0.5, 0.6) is 5.75 Å². The standard InChI is InChI=1S/C28H37N5O2/c1-5-32(6-2)16-10-17-34-27-21(3)19-24(20-22(27)4)30-28-29-15-13-26(31-28)33-25(14-18-35-33)23-11-8-7-9-12-23/h7-9,11-13,15,19-20,25H,5-6,10,14,16-18H2,1-4H3,(H,29,30,31). The number of hydrogen-bond donors (Lipinski definition) is 1. The average molecular weight is 476 g/mol. The van der Waals surface area contributed by atoms with Crippen LogP contribution < -0.4 is 15.1 Å². The summed E-state index contributed by atoms with van der Waals surface area (Å²) < 4.78 is 6.14. The first-order chi connectivity index (χ1) is 17.1. The van der Waals surface area contributed by atoms with Gasteiger partial charge in [0.1, 0.15) is 5.75 Å². The smallest absolute Gasteiger partial charge is 0.229 e. The SMILES string of the molecule is CCN(CC)CCCOc1c(C)cc(Nc2nccc(N3OCCC3c3ccccc3)n2)cc1C. The van der Waals surface area contributed by atoms with Crippen molar-refractivity contribution in [1.82, 2.24) is 14.9 Å². The summed E-state index contributed by atoms with van der Waals surface area (Å²) in [6.45, 7) is 13.2. The maximum atomic E-state index is 6.14. The highest BCUT2D eigenvalue weighted by Crippen LogP contribution is 2.34. The van der Waals surface area contributed by atoms with Crippen molar-refractivity contribution in [3.63, 3.8) is 0 Å². The van der Waals surface area contributed by atoms with Crippen LogP contribution in [0.1, 0.15) is 49.4 Å². The lowest BCUT2D eigenvalue weighted by Crippen LogP contribution is -2.25. The van der Waals surface area contributed by atoms with E-state index in [1.807, 2.05) is 17.2 Å². The van der Waals surface area contributed by atoms with E-state index in [1.54, 1.807) is 6.20 Å². The fourth-order valence-electron chi connectivity index (χ4n) is 4.59. The lowest BCUT2D eigenvalue weighted by molar-refractivity contribution is 0.157. The van der Waals surface area contributed by atoms with E-state index in [4.69, 9.17) is 14.6 Å². The van der Waals surface area contributed by atoms with Crippen LogP contribution in [0.15, 0.2) is 54.7 Å². The van der Waals surface area contributed by atoms with E-state index in [0.29, 0.717) is 19.2 Å². The summed E-state index contributed by atoms with van der Waals surface area (Å²) in [4.78, 5) is 17.5. The van der Waals surface area contributed by atoms with Gasteiger partial charge in [0.05, 0.1) is 19.3 Å². The third-order valence-electron chi connectivity index (χ3n) is 6.43. The molecule has 0 spiro atoms. The second-order valence-corrected chi connectivity index (χ2v) is 8.91. The number of nitrogens with zero attached hydrogens (tertiary/aromatic N) is 4. The summed E-state index contributed by atoms with van der Waals surface area (Å²) in [5, 5.41) is 5.26. The zero-order chi connectivity index (χ0) is 24.6. The summed E-state index contributed by atoms with van der Waals surface area (Å²) in [7, 11) is 0. The molecule has 3 aromatic rings.